The summed E-state index contributed by atoms with van der Waals surface area (Å²) >= 11 is 0. The Balaban J connectivity index is 2.37. The quantitative estimate of drug-likeness (QED) is 0.670. The van der Waals surface area contributed by atoms with Gasteiger partial charge in [-0.3, -0.25) is 9.69 Å². The first kappa shape index (κ1) is 13.9. The van der Waals surface area contributed by atoms with Crippen LogP contribution in [0.3, 0.4) is 0 Å². The van der Waals surface area contributed by atoms with Crippen LogP contribution in [0.5, 0.6) is 0 Å². The number of hydrogen-bond donors (Lipinski definition) is 2. The van der Waals surface area contributed by atoms with Crippen molar-refractivity contribution in [3.8, 4) is 0 Å². The number of rotatable bonds is 6. The third-order valence-electron chi connectivity index (χ3n) is 2.94. The fraction of sp³-hybridized carbons (Fsp3) is 0.818. The summed E-state index contributed by atoms with van der Waals surface area (Å²) < 4.78 is 5.40. The molecule has 1 heterocycles. The van der Waals surface area contributed by atoms with Crippen LogP contribution >= 0.6 is 0 Å². The van der Waals surface area contributed by atoms with Crippen molar-refractivity contribution in [3.63, 3.8) is 0 Å². The molecule has 6 nitrogen and oxygen atoms in total. The van der Waals surface area contributed by atoms with E-state index in [4.69, 9.17) is 9.84 Å². The predicted octanol–water partition coefficient (Wildman–Crippen LogP) is -0.313. The van der Waals surface area contributed by atoms with Crippen molar-refractivity contribution in [3.05, 3.63) is 0 Å². The maximum Gasteiger partial charge on any atom is 0.332 e. The average Bonchev–Trinajstić information content (AvgIpc) is 2.76. The number of amides is 1. The Hall–Kier alpha value is -1.14. The molecule has 1 aliphatic rings. The molecule has 1 saturated heterocycles. The lowest BCUT2D eigenvalue weighted by Gasteiger charge is -2.22. The van der Waals surface area contributed by atoms with Gasteiger partial charge in [0.25, 0.3) is 0 Å². The molecule has 0 radical (unpaired) electrons. The minimum absolute atomic E-state index is 0.0420. The number of carbonyl (C=O) groups excluding carboxylic acids is 1. The summed E-state index contributed by atoms with van der Waals surface area (Å²) in [6, 6.07) is 0. The van der Waals surface area contributed by atoms with Gasteiger partial charge in [0.15, 0.2) is 6.10 Å². The van der Waals surface area contributed by atoms with E-state index in [0.717, 1.165) is 13.0 Å². The number of aliphatic carboxylic acids is 1. The molecule has 17 heavy (non-hydrogen) atoms. The molecule has 0 aliphatic carbocycles. The third-order valence-corrected chi connectivity index (χ3v) is 2.94. The summed E-state index contributed by atoms with van der Waals surface area (Å²) in [5, 5.41) is 11.4. The van der Waals surface area contributed by atoms with Gasteiger partial charge in [0, 0.05) is 13.6 Å². The lowest BCUT2D eigenvalue weighted by Crippen LogP contribution is -2.40. The van der Waals surface area contributed by atoms with Crippen molar-refractivity contribution in [1.82, 2.24) is 10.2 Å². The lowest BCUT2D eigenvalue weighted by atomic mass is 10.2. The molecule has 1 rings (SSSR count). The van der Waals surface area contributed by atoms with Gasteiger partial charge in [-0.2, -0.15) is 0 Å². The van der Waals surface area contributed by atoms with Gasteiger partial charge < -0.3 is 15.2 Å². The number of ether oxygens (including phenoxy) is 1. The van der Waals surface area contributed by atoms with Gasteiger partial charge in [0.2, 0.25) is 5.91 Å². The van der Waals surface area contributed by atoms with E-state index in [9.17, 15) is 9.59 Å². The normalized spacial score (nSPS) is 23.9. The lowest BCUT2D eigenvalue weighted by molar-refractivity contribution is -0.149. The number of likely N-dealkylation sites (N-methyl/N-ethyl adjacent to an activating group) is 2. The summed E-state index contributed by atoms with van der Waals surface area (Å²) in [5.41, 5.74) is 0. The monoisotopic (exact) mass is 244 g/mol. The van der Waals surface area contributed by atoms with Crippen molar-refractivity contribution in [2.24, 2.45) is 0 Å². The molecule has 1 fully saturated rings. The van der Waals surface area contributed by atoms with E-state index in [1.807, 2.05) is 11.8 Å². The van der Waals surface area contributed by atoms with Crippen LogP contribution in [0.15, 0.2) is 0 Å². The Morgan fingerprint density at radius 2 is 2.18 bits per heavy atom. The Morgan fingerprint density at radius 3 is 2.65 bits per heavy atom. The molecule has 2 atom stereocenters. The van der Waals surface area contributed by atoms with E-state index < -0.39 is 12.1 Å². The molecule has 0 aromatic carbocycles. The first-order chi connectivity index (χ1) is 8.06. The summed E-state index contributed by atoms with van der Waals surface area (Å²) in [6.45, 7) is 3.63. The van der Waals surface area contributed by atoms with Crippen LogP contribution in [0, 0.1) is 0 Å². The van der Waals surface area contributed by atoms with Crippen molar-refractivity contribution in [2.45, 2.75) is 32.0 Å². The van der Waals surface area contributed by atoms with Crippen molar-refractivity contribution >= 4 is 11.9 Å². The van der Waals surface area contributed by atoms with Crippen LogP contribution in [0.25, 0.3) is 0 Å². The van der Waals surface area contributed by atoms with Crippen LogP contribution in [0.2, 0.25) is 0 Å². The summed E-state index contributed by atoms with van der Waals surface area (Å²) in [5.74, 6) is -0.943. The average molecular weight is 244 g/mol. The molecule has 0 aromatic heterocycles. The van der Waals surface area contributed by atoms with Crippen LogP contribution < -0.4 is 5.32 Å². The summed E-state index contributed by atoms with van der Waals surface area (Å²) in [7, 11) is 1.60. The fourth-order valence-electron chi connectivity index (χ4n) is 1.90. The van der Waals surface area contributed by atoms with Gasteiger partial charge in [-0.25, -0.2) is 4.79 Å². The van der Waals surface area contributed by atoms with Crippen molar-refractivity contribution in [1.29, 1.82) is 0 Å². The molecule has 2 unspecified atom stereocenters. The second-order valence-corrected chi connectivity index (χ2v) is 4.16. The molecule has 0 saturated carbocycles. The van der Waals surface area contributed by atoms with Gasteiger partial charge in [-0.05, 0) is 19.4 Å². The van der Waals surface area contributed by atoms with E-state index in [2.05, 4.69) is 5.32 Å². The largest absolute Gasteiger partial charge is 0.479 e. The highest BCUT2D eigenvalue weighted by molar-refractivity contribution is 5.77. The van der Waals surface area contributed by atoms with E-state index in [0.29, 0.717) is 19.5 Å². The topological polar surface area (TPSA) is 78.9 Å². The summed E-state index contributed by atoms with van der Waals surface area (Å²) in [6.07, 6.45) is 0.526. The number of nitrogens with zero attached hydrogens (tertiary/aromatic N) is 1. The zero-order chi connectivity index (χ0) is 12.8. The molecular formula is C11H20N2O4. The van der Waals surface area contributed by atoms with Crippen LogP contribution in [-0.2, 0) is 14.3 Å². The second-order valence-electron chi connectivity index (χ2n) is 4.16. The van der Waals surface area contributed by atoms with Gasteiger partial charge in [0.05, 0.1) is 12.6 Å². The maximum absolute atomic E-state index is 11.2. The van der Waals surface area contributed by atoms with Crippen LogP contribution in [0.4, 0.5) is 0 Å². The Bertz CT molecular complexity index is 283. The number of nitrogens with one attached hydrogen (secondary N) is 1. The number of carboxylic acid groups (broad SMARTS) is 1. The second kappa shape index (κ2) is 6.56. The highest BCUT2D eigenvalue weighted by Gasteiger charge is 2.31. The molecular weight excluding hydrogens is 224 g/mol. The minimum atomic E-state index is -0.901. The molecule has 1 aliphatic heterocycles. The SMILES string of the molecule is CCN(CC(=O)NC)CC1CCC(C(=O)O)O1. The van der Waals surface area contributed by atoms with E-state index in [1.54, 1.807) is 7.05 Å². The molecule has 2 N–H and O–H groups in total. The molecule has 0 spiro atoms. The first-order valence-corrected chi connectivity index (χ1v) is 5.88. The zero-order valence-electron chi connectivity index (χ0n) is 10.3. The maximum atomic E-state index is 11.2. The van der Waals surface area contributed by atoms with Gasteiger partial charge in [0.1, 0.15) is 0 Å². The van der Waals surface area contributed by atoms with E-state index in [-0.39, 0.29) is 12.0 Å². The molecule has 0 aromatic rings. The Morgan fingerprint density at radius 1 is 1.47 bits per heavy atom. The minimum Gasteiger partial charge on any atom is -0.479 e. The summed E-state index contributed by atoms with van der Waals surface area (Å²) in [4.78, 5) is 23.9. The van der Waals surface area contributed by atoms with Crippen molar-refractivity contribution in [2.75, 3.05) is 26.7 Å². The Labute approximate surface area is 101 Å². The van der Waals surface area contributed by atoms with Gasteiger partial charge in [-0.1, -0.05) is 6.92 Å². The zero-order valence-corrected chi connectivity index (χ0v) is 10.3. The highest BCUT2D eigenvalue weighted by Crippen LogP contribution is 2.20. The first-order valence-electron chi connectivity index (χ1n) is 5.88. The predicted molar refractivity (Wildman–Crippen MR) is 61.7 cm³/mol. The highest BCUT2D eigenvalue weighted by atomic mass is 16.5. The van der Waals surface area contributed by atoms with Crippen LogP contribution in [-0.4, -0.2) is 60.8 Å². The standard InChI is InChI=1S/C11H20N2O4/c1-3-13(7-10(14)12-2)6-8-4-5-9(17-8)11(15)16/h8-9H,3-7H2,1-2H3,(H,12,14)(H,15,16). The number of hydrogen-bond acceptors (Lipinski definition) is 4. The molecule has 0 bridgehead atoms. The van der Waals surface area contributed by atoms with Crippen LogP contribution in [0.1, 0.15) is 19.8 Å². The van der Waals surface area contributed by atoms with Gasteiger partial charge >= 0.3 is 5.97 Å². The van der Waals surface area contributed by atoms with Crippen molar-refractivity contribution < 1.29 is 19.4 Å². The van der Waals surface area contributed by atoms with E-state index >= 15 is 0 Å². The van der Waals surface area contributed by atoms with E-state index in [1.165, 1.54) is 0 Å². The molecule has 98 valence electrons. The third kappa shape index (κ3) is 4.32. The smallest absolute Gasteiger partial charge is 0.332 e. The number of carbonyl (C=O) groups is 2. The molecule has 6 heteroatoms. The molecule has 1 amide bonds. The van der Waals surface area contributed by atoms with Gasteiger partial charge in [-0.15, -0.1) is 0 Å². The Kier molecular flexibility index (Phi) is 5.37. The fourth-order valence-corrected chi connectivity index (χ4v) is 1.90. The number of carboxylic acids is 1.